The van der Waals surface area contributed by atoms with Gasteiger partial charge in [0.1, 0.15) is 4.88 Å². The van der Waals surface area contributed by atoms with E-state index >= 15 is 0 Å². The van der Waals surface area contributed by atoms with Gasteiger partial charge in [-0.1, -0.05) is 18.7 Å². The molecule has 1 saturated heterocycles. The maximum absolute atomic E-state index is 12.9. The molecule has 176 valence electrons. The molecule has 2 fully saturated rings. The minimum absolute atomic E-state index is 0.00913. The largest absolute Gasteiger partial charge is 0.465 e. The molecule has 1 aliphatic carbocycles. The fourth-order valence-electron chi connectivity index (χ4n) is 5.33. The van der Waals surface area contributed by atoms with E-state index in [-0.39, 0.29) is 17.2 Å². The number of para-hydroxylation sites is 2. The number of esters is 1. The average molecular weight is 479 g/mol. The smallest absolute Gasteiger partial charge is 0.348 e. The molecule has 0 atom stereocenters. The zero-order valence-electron chi connectivity index (χ0n) is 19.0. The number of imidazole rings is 1. The van der Waals surface area contributed by atoms with E-state index in [4.69, 9.17) is 4.74 Å². The van der Waals surface area contributed by atoms with Crippen molar-refractivity contribution in [2.24, 2.45) is 11.3 Å². The molecule has 0 radical (unpaired) electrons. The summed E-state index contributed by atoms with van der Waals surface area (Å²) in [6, 6.07) is 11.0. The monoisotopic (exact) mass is 478 g/mol. The van der Waals surface area contributed by atoms with Crippen LogP contribution in [0.2, 0.25) is 0 Å². The molecule has 1 aliphatic heterocycles. The first kappa shape index (κ1) is 22.3. The van der Waals surface area contributed by atoms with Gasteiger partial charge in [-0.25, -0.2) is 9.78 Å². The Balaban J connectivity index is 1.32. The Hall–Kier alpha value is -3.46. The van der Waals surface area contributed by atoms with Crippen molar-refractivity contribution >= 4 is 46.1 Å². The number of hydrogen-bond donors (Lipinski definition) is 1. The number of nitrogens with one attached hydrogen (secondary N) is 1. The highest BCUT2D eigenvalue weighted by atomic mass is 32.1. The maximum Gasteiger partial charge on any atom is 0.348 e. The van der Waals surface area contributed by atoms with Crippen molar-refractivity contribution < 1.29 is 19.1 Å². The third kappa shape index (κ3) is 4.00. The predicted molar refractivity (Wildman–Crippen MR) is 130 cm³/mol. The number of methoxy groups -OCH3 is 1. The highest BCUT2D eigenvalue weighted by Crippen LogP contribution is 2.52. The molecule has 8 nitrogen and oxygen atoms in total. The molecule has 3 heterocycles. The van der Waals surface area contributed by atoms with Gasteiger partial charge in [0.05, 0.1) is 23.0 Å². The molecule has 2 aromatic heterocycles. The average Bonchev–Trinajstić information content (AvgIpc) is 3.56. The second kappa shape index (κ2) is 8.72. The van der Waals surface area contributed by atoms with Crippen molar-refractivity contribution in [3.8, 4) is 0 Å². The van der Waals surface area contributed by atoms with Gasteiger partial charge < -0.3 is 14.2 Å². The predicted octanol–water partition coefficient (Wildman–Crippen LogP) is 3.95. The molecule has 1 N–H and O–H groups in total. The van der Waals surface area contributed by atoms with Crippen LogP contribution in [-0.2, 0) is 16.1 Å². The Morgan fingerprint density at radius 1 is 1.24 bits per heavy atom. The van der Waals surface area contributed by atoms with E-state index in [1.165, 1.54) is 13.2 Å². The number of anilines is 1. The highest BCUT2D eigenvalue weighted by molar-refractivity contribution is 7.16. The molecule has 9 heteroatoms. The van der Waals surface area contributed by atoms with Crippen LogP contribution < -0.4 is 5.32 Å². The summed E-state index contributed by atoms with van der Waals surface area (Å²) >= 11 is 1.09. The lowest BCUT2D eigenvalue weighted by atomic mass is 9.61. The fourth-order valence-corrected chi connectivity index (χ4v) is 6.15. The van der Waals surface area contributed by atoms with Crippen LogP contribution in [0.5, 0.6) is 0 Å². The molecule has 1 saturated carbocycles. The summed E-state index contributed by atoms with van der Waals surface area (Å²) < 4.78 is 6.80. The summed E-state index contributed by atoms with van der Waals surface area (Å²) in [6.45, 7) is 5.93. The number of benzene rings is 1. The van der Waals surface area contributed by atoms with Crippen LogP contribution in [0.1, 0.15) is 38.6 Å². The van der Waals surface area contributed by atoms with Gasteiger partial charge in [0.2, 0.25) is 11.9 Å². The van der Waals surface area contributed by atoms with E-state index in [1.807, 2.05) is 29.2 Å². The number of ether oxygens (including phenoxy) is 1. The van der Waals surface area contributed by atoms with Crippen LogP contribution in [0.25, 0.3) is 11.0 Å². The fraction of sp³-hybridized carbons (Fsp3) is 0.360. The standard InChI is InChI=1S/C25H26N4O4S/c1-3-21(30)28-11-10-25(15-28)12-16(13-25)14-29-18-7-5-4-6-17(18)26-24(29)27-22(31)19-8-9-20(34-19)23(32)33-2/h3-9,16H,1,10-15H2,2H3,(H,26,27,31). The highest BCUT2D eigenvalue weighted by Gasteiger charge is 2.49. The first-order valence-electron chi connectivity index (χ1n) is 11.3. The van der Waals surface area contributed by atoms with E-state index in [2.05, 4.69) is 21.4 Å². The molecule has 1 spiro atoms. The van der Waals surface area contributed by atoms with Gasteiger partial charge in [-0.15, -0.1) is 11.3 Å². The van der Waals surface area contributed by atoms with Gasteiger partial charge in [-0.2, -0.15) is 0 Å². The maximum atomic E-state index is 12.9. The summed E-state index contributed by atoms with van der Waals surface area (Å²) in [5.74, 6) is 0.177. The van der Waals surface area contributed by atoms with Crippen LogP contribution in [0.3, 0.4) is 0 Å². The second-order valence-corrected chi connectivity index (χ2v) is 10.2. The van der Waals surface area contributed by atoms with Crippen LogP contribution in [0.15, 0.2) is 49.1 Å². The first-order valence-corrected chi connectivity index (χ1v) is 12.1. The Morgan fingerprint density at radius 2 is 2.00 bits per heavy atom. The van der Waals surface area contributed by atoms with Gasteiger partial charge >= 0.3 is 5.97 Å². The molecule has 5 rings (SSSR count). The first-order chi connectivity index (χ1) is 16.4. The number of hydrogen-bond acceptors (Lipinski definition) is 6. The lowest BCUT2D eigenvalue weighted by Crippen LogP contribution is -2.42. The summed E-state index contributed by atoms with van der Waals surface area (Å²) in [5, 5.41) is 2.94. The lowest BCUT2D eigenvalue weighted by molar-refractivity contribution is -0.125. The molecule has 1 aromatic carbocycles. The number of carbonyl (C=O) groups excluding carboxylic acids is 3. The number of likely N-dealkylation sites (tertiary alicyclic amines) is 1. The summed E-state index contributed by atoms with van der Waals surface area (Å²) in [7, 11) is 1.31. The van der Waals surface area contributed by atoms with Crippen molar-refractivity contribution in [3.05, 3.63) is 58.8 Å². The van der Waals surface area contributed by atoms with Crippen molar-refractivity contribution in [1.29, 1.82) is 0 Å². The number of amides is 2. The van der Waals surface area contributed by atoms with Crippen molar-refractivity contribution in [3.63, 3.8) is 0 Å². The quantitative estimate of drug-likeness (QED) is 0.428. The van der Waals surface area contributed by atoms with E-state index in [0.717, 1.165) is 61.3 Å². The van der Waals surface area contributed by atoms with Crippen LogP contribution in [0, 0.1) is 11.3 Å². The zero-order valence-corrected chi connectivity index (χ0v) is 19.8. The van der Waals surface area contributed by atoms with Gasteiger partial charge in [-0.3, -0.25) is 14.9 Å². The van der Waals surface area contributed by atoms with E-state index in [1.54, 1.807) is 12.1 Å². The topological polar surface area (TPSA) is 93.5 Å². The normalized spacial score (nSPS) is 21.4. The van der Waals surface area contributed by atoms with Crippen LogP contribution in [-0.4, -0.2) is 52.4 Å². The van der Waals surface area contributed by atoms with Crippen molar-refractivity contribution in [2.75, 3.05) is 25.5 Å². The molecule has 0 unspecified atom stereocenters. The number of thiophene rings is 1. The number of aromatic nitrogens is 2. The van der Waals surface area contributed by atoms with E-state index in [0.29, 0.717) is 21.6 Å². The number of carbonyl (C=O) groups is 3. The molecule has 2 amide bonds. The van der Waals surface area contributed by atoms with Gasteiger partial charge in [-0.05, 0) is 60.9 Å². The molecule has 3 aromatic rings. The molecular weight excluding hydrogens is 452 g/mol. The zero-order chi connectivity index (χ0) is 23.9. The van der Waals surface area contributed by atoms with Crippen molar-refractivity contribution in [1.82, 2.24) is 14.5 Å². The Morgan fingerprint density at radius 3 is 2.76 bits per heavy atom. The van der Waals surface area contributed by atoms with Crippen molar-refractivity contribution in [2.45, 2.75) is 25.8 Å². The number of rotatable bonds is 6. The SMILES string of the molecule is C=CC(=O)N1CCC2(CC(Cn3c(NC(=O)c4ccc(C(=O)OC)s4)nc4ccccc43)C2)C1. The number of nitrogens with zero attached hydrogens (tertiary/aromatic N) is 3. The second-order valence-electron chi connectivity index (χ2n) is 9.13. The molecule has 34 heavy (non-hydrogen) atoms. The summed E-state index contributed by atoms with van der Waals surface area (Å²) in [4.78, 5) is 44.0. The lowest BCUT2D eigenvalue weighted by Gasteiger charge is -2.45. The van der Waals surface area contributed by atoms with Gasteiger partial charge in [0.25, 0.3) is 5.91 Å². The summed E-state index contributed by atoms with van der Waals surface area (Å²) in [6.07, 6.45) is 4.50. The van der Waals surface area contributed by atoms with Crippen LogP contribution in [0.4, 0.5) is 5.95 Å². The third-order valence-corrected chi connectivity index (χ3v) is 7.97. The van der Waals surface area contributed by atoms with Gasteiger partial charge in [0.15, 0.2) is 0 Å². The number of fused-ring (bicyclic) bond motifs is 1. The summed E-state index contributed by atoms with van der Waals surface area (Å²) in [5.41, 5.74) is 1.98. The molecule has 2 aliphatic rings. The van der Waals surface area contributed by atoms with E-state index < -0.39 is 5.97 Å². The molecular formula is C25H26N4O4S. The minimum atomic E-state index is -0.463. The minimum Gasteiger partial charge on any atom is -0.465 e. The molecule has 0 bridgehead atoms. The third-order valence-electron chi connectivity index (χ3n) is 6.91. The van der Waals surface area contributed by atoms with Gasteiger partial charge in [0, 0.05) is 19.6 Å². The Labute approximate surface area is 201 Å². The Kier molecular flexibility index (Phi) is 5.73. The Bertz CT molecular complexity index is 1290. The van der Waals surface area contributed by atoms with Crippen LogP contribution >= 0.6 is 11.3 Å². The van der Waals surface area contributed by atoms with E-state index in [9.17, 15) is 14.4 Å².